The van der Waals surface area contributed by atoms with Crippen molar-refractivity contribution in [3.63, 3.8) is 0 Å². The van der Waals surface area contributed by atoms with Crippen LogP contribution in [0.1, 0.15) is 13.3 Å². The molecule has 0 aliphatic carbocycles. The molecule has 1 N–H and O–H groups in total. The highest BCUT2D eigenvalue weighted by Crippen LogP contribution is 2.30. The van der Waals surface area contributed by atoms with Gasteiger partial charge in [0.25, 0.3) is 0 Å². The number of benzene rings is 1. The number of hydrogen-bond donors (Lipinski definition) is 1. The minimum atomic E-state index is -1.03. The van der Waals surface area contributed by atoms with Gasteiger partial charge in [0.05, 0.1) is 11.3 Å². The minimum Gasteiger partial charge on any atom is -0.483 e. The number of halogens is 1. The molecule has 0 fully saturated rings. The van der Waals surface area contributed by atoms with E-state index in [2.05, 4.69) is 0 Å². The van der Waals surface area contributed by atoms with Gasteiger partial charge >= 0.3 is 11.7 Å². The normalized spacial score (nSPS) is 11.9. The summed E-state index contributed by atoms with van der Waals surface area (Å²) < 4.78 is 5.19. The smallest absolute Gasteiger partial charge is 0.312 e. The van der Waals surface area contributed by atoms with E-state index in [0.717, 1.165) is 6.07 Å². The Morgan fingerprint density at radius 3 is 2.82 bits per heavy atom. The van der Waals surface area contributed by atoms with E-state index in [1.165, 1.54) is 19.1 Å². The topological polar surface area (TPSA) is 89.7 Å². The summed E-state index contributed by atoms with van der Waals surface area (Å²) >= 11 is 5.63. The summed E-state index contributed by atoms with van der Waals surface area (Å²) in [5.41, 5.74) is -0.283. The highest BCUT2D eigenvalue weighted by Gasteiger charge is 2.18. The van der Waals surface area contributed by atoms with Crippen LogP contribution in [0.15, 0.2) is 18.2 Å². The highest BCUT2D eigenvalue weighted by atomic mass is 35.5. The van der Waals surface area contributed by atoms with Crippen LogP contribution in [0, 0.1) is 10.1 Å². The molecule has 0 spiro atoms. The third-order valence-electron chi connectivity index (χ3n) is 1.91. The molecule has 0 heterocycles. The maximum Gasteiger partial charge on any atom is 0.312 e. The van der Waals surface area contributed by atoms with Gasteiger partial charge in [0.15, 0.2) is 5.75 Å². The van der Waals surface area contributed by atoms with E-state index in [1.54, 1.807) is 0 Å². The summed E-state index contributed by atoms with van der Waals surface area (Å²) in [6, 6.07) is 3.95. The molecular weight excluding hydrogens is 250 g/mol. The molecule has 0 aliphatic rings. The van der Waals surface area contributed by atoms with Crippen LogP contribution in [-0.2, 0) is 4.79 Å². The molecule has 0 saturated heterocycles. The van der Waals surface area contributed by atoms with Crippen LogP contribution in [0.5, 0.6) is 5.75 Å². The van der Waals surface area contributed by atoms with E-state index in [9.17, 15) is 14.9 Å². The lowest BCUT2D eigenvalue weighted by Crippen LogP contribution is -2.17. The van der Waals surface area contributed by atoms with Crippen molar-refractivity contribution >= 4 is 23.3 Å². The molecule has 0 aromatic heterocycles. The molecular formula is C10H10ClNO5. The zero-order valence-electron chi connectivity index (χ0n) is 8.92. The number of rotatable bonds is 5. The van der Waals surface area contributed by atoms with Gasteiger partial charge in [0.2, 0.25) is 0 Å². The molecule has 1 unspecified atom stereocenters. The fraction of sp³-hybridized carbons (Fsp3) is 0.300. The quantitative estimate of drug-likeness (QED) is 0.648. The lowest BCUT2D eigenvalue weighted by molar-refractivity contribution is -0.386. The summed E-state index contributed by atoms with van der Waals surface area (Å²) in [6.07, 6.45) is -0.896. The predicted octanol–water partition coefficient (Wildman–Crippen LogP) is 2.49. The van der Waals surface area contributed by atoms with Gasteiger partial charge in [-0.15, -0.1) is 0 Å². The molecule has 1 rings (SSSR count). The Morgan fingerprint density at radius 1 is 1.65 bits per heavy atom. The molecule has 0 radical (unpaired) electrons. The second-order valence-electron chi connectivity index (χ2n) is 3.40. The van der Waals surface area contributed by atoms with E-state index in [4.69, 9.17) is 21.4 Å². The standard InChI is InChI=1S/C10H10ClNO5/c1-6(4-10(13)14)17-9-3-2-7(11)5-8(9)12(15)16/h2-3,5-6H,4H2,1H3,(H,13,14). The van der Waals surface area contributed by atoms with E-state index < -0.39 is 17.0 Å². The van der Waals surface area contributed by atoms with E-state index in [0.29, 0.717) is 0 Å². The van der Waals surface area contributed by atoms with Gasteiger partial charge in [-0.05, 0) is 19.1 Å². The van der Waals surface area contributed by atoms with Crippen molar-refractivity contribution in [3.8, 4) is 5.75 Å². The van der Waals surface area contributed by atoms with Crippen LogP contribution in [0.2, 0.25) is 5.02 Å². The Kier molecular flexibility index (Phi) is 4.28. The van der Waals surface area contributed by atoms with Crippen molar-refractivity contribution in [2.24, 2.45) is 0 Å². The molecule has 0 saturated carbocycles. The molecule has 17 heavy (non-hydrogen) atoms. The van der Waals surface area contributed by atoms with Crippen LogP contribution in [0.4, 0.5) is 5.69 Å². The molecule has 92 valence electrons. The number of nitrogens with zero attached hydrogens (tertiary/aromatic N) is 1. The first kappa shape index (κ1) is 13.2. The number of carbonyl (C=O) groups is 1. The molecule has 1 atom stereocenters. The predicted molar refractivity (Wildman–Crippen MR) is 60.4 cm³/mol. The Balaban J connectivity index is 2.90. The van der Waals surface area contributed by atoms with Crippen LogP contribution in [0.3, 0.4) is 0 Å². The third-order valence-corrected chi connectivity index (χ3v) is 2.14. The molecule has 6 nitrogen and oxygen atoms in total. The maximum absolute atomic E-state index is 10.7. The number of aliphatic carboxylic acids is 1. The average molecular weight is 260 g/mol. The lowest BCUT2D eigenvalue weighted by Gasteiger charge is -2.12. The monoisotopic (exact) mass is 259 g/mol. The van der Waals surface area contributed by atoms with E-state index in [-0.39, 0.29) is 22.9 Å². The molecule has 7 heteroatoms. The maximum atomic E-state index is 10.7. The second kappa shape index (κ2) is 5.49. The van der Waals surface area contributed by atoms with Crippen LogP contribution < -0.4 is 4.74 Å². The van der Waals surface area contributed by atoms with Crippen molar-refractivity contribution in [3.05, 3.63) is 33.3 Å². The highest BCUT2D eigenvalue weighted by molar-refractivity contribution is 6.30. The van der Waals surface area contributed by atoms with E-state index >= 15 is 0 Å². The van der Waals surface area contributed by atoms with Crippen LogP contribution in [0.25, 0.3) is 0 Å². The van der Waals surface area contributed by atoms with Gasteiger partial charge in [-0.25, -0.2) is 0 Å². The average Bonchev–Trinajstić information content (AvgIpc) is 2.19. The van der Waals surface area contributed by atoms with Gasteiger partial charge in [-0.2, -0.15) is 0 Å². The zero-order chi connectivity index (χ0) is 13.0. The van der Waals surface area contributed by atoms with Gasteiger partial charge in [-0.1, -0.05) is 11.6 Å². The molecule has 1 aromatic carbocycles. The molecule has 0 amide bonds. The van der Waals surface area contributed by atoms with Crippen molar-refractivity contribution < 1.29 is 19.6 Å². The fourth-order valence-corrected chi connectivity index (χ4v) is 1.40. The summed E-state index contributed by atoms with van der Waals surface area (Å²) in [4.78, 5) is 20.5. The third kappa shape index (κ3) is 3.92. The van der Waals surface area contributed by atoms with E-state index in [1.807, 2.05) is 0 Å². The number of nitro groups is 1. The van der Waals surface area contributed by atoms with Crippen LogP contribution in [-0.4, -0.2) is 22.1 Å². The Bertz CT molecular complexity index is 448. The Morgan fingerprint density at radius 2 is 2.29 bits per heavy atom. The molecule has 1 aromatic rings. The first-order valence-corrected chi connectivity index (χ1v) is 5.10. The number of ether oxygens (including phenoxy) is 1. The Labute approximate surface area is 102 Å². The summed E-state index contributed by atoms with van der Waals surface area (Å²) in [6.45, 7) is 1.52. The molecule has 0 bridgehead atoms. The summed E-state index contributed by atoms with van der Waals surface area (Å²) in [5, 5.41) is 19.5. The zero-order valence-corrected chi connectivity index (χ0v) is 9.68. The Hall–Kier alpha value is -1.82. The van der Waals surface area contributed by atoms with Gasteiger partial charge in [0, 0.05) is 11.1 Å². The number of carboxylic acid groups (broad SMARTS) is 1. The fourth-order valence-electron chi connectivity index (χ4n) is 1.24. The van der Waals surface area contributed by atoms with Gasteiger partial charge < -0.3 is 9.84 Å². The van der Waals surface area contributed by atoms with Crippen molar-refractivity contribution in [1.82, 2.24) is 0 Å². The van der Waals surface area contributed by atoms with Gasteiger partial charge in [-0.3, -0.25) is 14.9 Å². The minimum absolute atomic E-state index is 0.00755. The lowest BCUT2D eigenvalue weighted by atomic mass is 10.2. The van der Waals surface area contributed by atoms with Crippen molar-refractivity contribution in [2.45, 2.75) is 19.4 Å². The number of carboxylic acids is 1. The number of hydrogen-bond acceptors (Lipinski definition) is 4. The van der Waals surface area contributed by atoms with Crippen molar-refractivity contribution in [2.75, 3.05) is 0 Å². The largest absolute Gasteiger partial charge is 0.483 e. The summed E-state index contributed by atoms with van der Waals surface area (Å²) in [5.74, 6) is -1.03. The first-order chi connectivity index (χ1) is 7.90. The van der Waals surface area contributed by atoms with Crippen LogP contribution >= 0.6 is 11.6 Å². The van der Waals surface area contributed by atoms with Crippen molar-refractivity contribution in [1.29, 1.82) is 0 Å². The van der Waals surface area contributed by atoms with Gasteiger partial charge in [0.1, 0.15) is 6.10 Å². The summed E-state index contributed by atoms with van der Waals surface area (Å²) in [7, 11) is 0. The number of nitro benzene ring substituents is 1. The SMILES string of the molecule is CC(CC(=O)O)Oc1ccc(Cl)cc1[N+](=O)[O-]. The second-order valence-corrected chi connectivity index (χ2v) is 3.83. The molecule has 0 aliphatic heterocycles. The first-order valence-electron chi connectivity index (χ1n) is 4.72.